The number of nitrogen functional groups attached to an aromatic ring is 1. The molecule has 0 saturated carbocycles. The number of carbonyl (C=O) groups excluding carboxylic acids is 3. The Bertz CT molecular complexity index is 1350. The summed E-state index contributed by atoms with van der Waals surface area (Å²) >= 11 is 0.710. The van der Waals surface area contributed by atoms with E-state index in [1.807, 2.05) is 20.8 Å². The highest BCUT2D eigenvalue weighted by molar-refractivity contribution is 7.09. The molecule has 194 valence electrons. The van der Waals surface area contributed by atoms with Gasteiger partial charge < -0.3 is 31.4 Å². The number of ether oxygens (including phenoxy) is 2. The van der Waals surface area contributed by atoms with Crippen LogP contribution in [0.3, 0.4) is 0 Å². The Labute approximate surface area is 217 Å². The van der Waals surface area contributed by atoms with Crippen LogP contribution < -0.4 is 31.2 Å². The van der Waals surface area contributed by atoms with Crippen molar-refractivity contribution in [2.24, 2.45) is 5.73 Å². The van der Waals surface area contributed by atoms with Gasteiger partial charge in [0.2, 0.25) is 5.91 Å². The number of nitrogens with two attached hydrogens (primary N) is 2. The maximum absolute atomic E-state index is 14.1. The van der Waals surface area contributed by atoms with Crippen LogP contribution in [-0.4, -0.2) is 46.0 Å². The number of fused-ring (bicyclic) bond motifs is 1. The number of carbonyl (C=O) groups is 3. The zero-order chi connectivity index (χ0) is 26.9. The fraction of sp³-hybridized carbons (Fsp3) is 0.280. The fourth-order valence-electron chi connectivity index (χ4n) is 3.82. The number of hydrogen-bond donors (Lipinski definition) is 4. The zero-order valence-electron chi connectivity index (χ0n) is 20.5. The molecule has 0 saturated heterocycles. The van der Waals surface area contributed by atoms with Crippen LogP contribution in [0.1, 0.15) is 52.5 Å². The summed E-state index contributed by atoms with van der Waals surface area (Å²) < 4.78 is 15.3. The number of amides is 3. The molecule has 0 fully saturated rings. The van der Waals surface area contributed by atoms with Crippen LogP contribution in [-0.2, 0) is 4.79 Å². The molecule has 6 N–H and O–H groups in total. The van der Waals surface area contributed by atoms with Gasteiger partial charge in [0, 0.05) is 17.3 Å². The molecule has 0 aliphatic carbocycles. The first-order valence-electron chi connectivity index (χ1n) is 11.4. The number of aromatic hydroxyl groups is 1. The van der Waals surface area contributed by atoms with Gasteiger partial charge in [-0.25, -0.2) is 0 Å². The maximum atomic E-state index is 14.1. The molecular weight excluding hydrogens is 498 g/mol. The summed E-state index contributed by atoms with van der Waals surface area (Å²) in [6.07, 6.45) is 0. The molecule has 4 rings (SSSR count). The highest BCUT2D eigenvalue weighted by Gasteiger charge is 2.37. The lowest BCUT2D eigenvalue weighted by Crippen LogP contribution is -2.49. The van der Waals surface area contributed by atoms with Crippen molar-refractivity contribution >= 4 is 40.6 Å². The highest BCUT2D eigenvalue weighted by Crippen LogP contribution is 2.39. The topological polar surface area (TPSA) is 170 Å². The van der Waals surface area contributed by atoms with Gasteiger partial charge in [0.1, 0.15) is 29.9 Å². The van der Waals surface area contributed by atoms with E-state index in [9.17, 15) is 19.5 Å². The van der Waals surface area contributed by atoms with E-state index in [0.717, 1.165) is 0 Å². The van der Waals surface area contributed by atoms with Gasteiger partial charge >= 0.3 is 0 Å². The molecule has 1 aliphatic heterocycles. The van der Waals surface area contributed by atoms with E-state index in [4.69, 9.17) is 20.9 Å². The number of phenols is 1. The maximum Gasteiger partial charge on any atom is 0.273 e. The first-order valence-corrected chi connectivity index (χ1v) is 12.1. The minimum atomic E-state index is -1.20. The molecule has 2 heterocycles. The number of hydrogen-bond acceptors (Lipinski definition) is 9. The number of primary amides is 1. The monoisotopic (exact) mass is 525 g/mol. The van der Waals surface area contributed by atoms with Crippen molar-refractivity contribution in [3.63, 3.8) is 0 Å². The molecule has 0 spiro atoms. The Morgan fingerprint density at radius 1 is 1.08 bits per heavy atom. The SMILES string of the molecule is CC(C)(C)NC(=O)[C@H](c1ccc(O)cc1)N(C(=O)c1snc(C(N)=O)c1N)c1ccc2c(c1)OCCO2. The lowest BCUT2D eigenvalue weighted by Gasteiger charge is -2.34. The van der Waals surface area contributed by atoms with Crippen molar-refractivity contribution in [2.45, 2.75) is 32.4 Å². The van der Waals surface area contributed by atoms with E-state index < -0.39 is 29.3 Å². The van der Waals surface area contributed by atoms with E-state index in [1.54, 1.807) is 30.3 Å². The molecule has 1 aliphatic rings. The Morgan fingerprint density at radius 3 is 2.32 bits per heavy atom. The minimum absolute atomic E-state index is 0.00580. The molecule has 1 aromatic heterocycles. The van der Waals surface area contributed by atoms with Gasteiger partial charge in [-0.05, 0) is 62.1 Å². The molecule has 37 heavy (non-hydrogen) atoms. The van der Waals surface area contributed by atoms with Crippen LogP contribution in [0.4, 0.5) is 11.4 Å². The standard InChI is InChI=1S/C25H27N5O6S/c1-25(2,3)28-23(33)20(13-4-7-15(31)8-5-13)30(14-6-9-16-17(12-14)36-11-10-35-16)24(34)21-18(26)19(22(27)32)29-37-21/h4-9,12,20,31H,10-11,26H2,1-3H3,(H2,27,32)(H,28,33)/t20-/m0/s1. The largest absolute Gasteiger partial charge is 0.508 e. The predicted molar refractivity (Wildman–Crippen MR) is 138 cm³/mol. The molecular formula is C25H27N5O6S. The minimum Gasteiger partial charge on any atom is -0.508 e. The van der Waals surface area contributed by atoms with Gasteiger partial charge in [-0.1, -0.05) is 12.1 Å². The van der Waals surface area contributed by atoms with E-state index in [-0.39, 0.29) is 22.0 Å². The van der Waals surface area contributed by atoms with Crippen molar-refractivity contribution in [1.82, 2.24) is 9.69 Å². The van der Waals surface area contributed by atoms with E-state index in [2.05, 4.69) is 9.69 Å². The first kappa shape index (κ1) is 25.8. The number of nitrogens with zero attached hydrogens (tertiary/aromatic N) is 2. The average Bonchev–Trinajstić information content (AvgIpc) is 3.23. The summed E-state index contributed by atoms with van der Waals surface area (Å²) in [7, 11) is 0. The van der Waals surface area contributed by atoms with Crippen LogP contribution in [0, 0.1) is 0 Å². The van der Waals surface area contributed by atoms with Gasteiger partial charge in [-0.2, -0.15) is 4.37 Å². The van der Waals surface area contributed by atoms with Crippen LogP contribution in [0.15, 0.2) is 42.5 Å². The number of rotatable bonds is 6. The van der Waals surface area contributed by atoms with E-state index in [0.29, 0.717) is 47.5 Å². The van der Waals surface area contributed by atoms with Gasteiger partial charge in [0.25, 0.3) is 11.8 Å². The summed E-state index contributed by atoms with van der Waals surface area (Å²) in [5.41, 5.74) is 11.1. The summed E-state index contributed by atoms with van der Waals surface area (Å²) in [6.45, 7) is 6.15. The van der Waals surface area contributed by atoms with E-state index in [1.165, 1.54) is 17.0 Å². The molecule has 0 bridgehead atoms. The van der Waals surface area contributed by atoms with Crippen molar-refractivity contribution in [1.29, 1.82) is 0 Å². The van der Waals surface area contributed by atoms with E-state index >= 15 is 0 Å². The third kappa shape index (κ3) is 5.43. The molecule has 11 nitrogen and oxygen atoms in total. The lowest BCUT2D eigenvalue weighted by molar-refractivity contribution is -0.123. The van der Waals surface area contributed by atoms with Gasteiger partial charge in [-0.15, -0.1) is 0 Å². The Kier molecular flexibility index (Phi) is 6.94. The molecule has 0 radical (unpaired) electrons. The van der Waals surface area contributed by atoms with Crippen molar-refractivity contribution in [3.8, 4) is 17.2 Å². The molecule has 0 unspecified atom stereocenters. The smallest absolute Gasteiger partial charge is 0.273 e. The van der Waals surface area contributed by atoms with Crippen LogP contribution in [0.25, 0.3) is 0 Å². The lowest BCUT2D eigenvalue weighted by atomic mass is 10.00. The Hall–Kier alpha value is -4.32. The van der Waals surface area contributed by atoms with Gasteiger partial charge in [-0.3, -0.25) is 19.3 Å². The second-order valence-electron chi connectivity index (χ2n) is 9.37. The number of aromatic nitrogens is 1. The molecule has 3 amide bonds. The fourth-order valence-corrected chi connectivity index (χ4v) is 4.56. The molecule has 2 aromatic carbocycles. The number of benzene rings is 2. The van der Waals surface area contributed by atoms with Crippen LogP contribution in [0.5, 0.6) is 17.2 Å². The average molecular weight is 526 g/mol. The van der Waals surface area contributed by atoms with Gasteiger partial charge in [0.05, 0.1) is 5.69 Å². The second-order valence-corrected chi connectivity index (χ2v) is 10.1. The predicted octanol–water partition coefficient (Wildman–Crippen LogP) is 2.60. The first-order chi connectivity index (χ1) is 17.5. The molecule has 3 aromatic rings. The van der Waals surface area contributed by atoms with Crippen LogP contribution >= 0.6 is 11.5 Å². The van der Waals surface area contributed by atoms with Crippen molar-refractivity contribution in [2.75, 3.05) is 23.8 Å². The number of phenolic OH excluding ortho intramolecular Hbond substituents is 1. The Morgan fingerprint density at radius 2 is 1.73 bits per heavy atom. The Balaban J connectivity index is 1.91. The summed E-state index contributed by atoms with van der Waals surface area (Å²) in [5, 5.41) is 12.8. The molecule has 1 atom stereocenters. The quantitative estimate of drug-likeness (QED) is 0.380. The zero-order valence-corrected chi connectivity index (χ0v) is 21.3. The highest BCUT2D eigenvalue weighted by atomic mass is 32.1. The second kappa shape index (κ2) is 9.97. The van der Waals surface area contributed by atoms with Crippen molar-refractivity contribution in [3.05, 3.63) is 58.6 Å². The summed E-state index contributed by atoms with van der Waals surface area (Å²) in [6, 6.07) is 9.60. The summed E-state index contributed by atoms with van der Waals surface area (Å²) in [5.74, 6) is -1.15. The number of nitrogens with one attached hydrogen (secondary N) is 1. The third-order valence-corrected chi connectivity index (χ3v) is 6.24. The van der Waals surface area contributed by atoms with Crippen LogP contribution in [0.2, 0.25) is 0 Å². The summed E-state index contributed by atoms with van der Waals surface area (Å²) in [4.78, 5) is 40.8. The number of anilines is 2. The molecule has 12 heteroatoms. The van der Waals surface area contributed by atoms with Crippen molar-refractivity contribution < 1.29 is 29.0 Å². The third-order valence-electron chi connectivity index (χ3n) is 5.39. The van der Waals surface area contributed by atoms with Gasteiger partial charge in [0.15, 0.2) is 17.2 Å². The normalized spacial score (nSPS) is 13.5.